The molecule has 0 aliphatic heterocycles. The Labute approximate surface area is 219 Å². The normalized spacial score (nSPS) is 12.1. The summed E-state index contributed by atoms with van der Waals surface area (Å²) in [5, 5.41) is 3.00. The molecule has 1 N–H and O–H groups in total. The molecule has 0 atom stereocenters. The highest BCUT2D eigenvalue weighted by Crippen LogP contribution is 2.29. The van der Waals surface area contributed by atoms with E-state index in [1.807, 2.05) is 18.4 Å². The number of aromatic nitrogens is 1. The van der Waals surface area contributed by atoms with Crippen LogP contribution in [-0.2, 0) is 19.3 Å². The Morgan fingerprint density at radius 1 is 1.08 bits per heavy atom. The van der Waals surface area contributed by atoms with Crippen molar-refractivity contribution in [2.75, 3.05) is 0 Å². The lowest BCUT2D eigenvalue weighted by atomic mass is 10.1. The van der Waals surface area contributed by atoms with E-state index < -0.39 is 23.6 Å². The third-order valence-electron chi connectivity index (χ3n) is 5.57. The number of alkyl halides is 3. The molecule has 37 heavy (non-hydrogen) atoms. The van der Waals surface area contributed by atoms with Crippen molar-refractivity contribution in [2.24, 2.45) is 4.99 Å². The summed E-state index contributed by atoms with van der Waals surface area (Å²) in [5.41, 5.74) is 0.772. The summed E-state index contributed by atoms with van der Waals surface area (Å²) in [6.07, 6.45) is -4.46. The number of hydrogen-bond donors (Lipinski definition) is 1. The summed E-state index contributed by atoms with van der Waals surface area (Å²) in [7, 11) is 0. The van der Waals surface area contributed by atoms with Crippen LogP contribution in [0.25, 0.3) is 0 Å². The minimum atomic E-state index is -4.46. The molecule has 2 amide bonds. The molecule has 0 unspecified atom stereocenters. The van der Waals surface area contributed by atoms with Crippen LogP contribution in [-0.4, -0.2) is 16.4 Å². The van der Waals surface area contributed by atoms with E-state index in [2.05, 4.69) is 10.3 Å². The molecule has 6 nitrogen and oxygen atoms in total. The third kappa shape index (κ3) is 6.39. The molecular formula is C26H21ClF3N3O3S. The molecule has 0 aliphatic carbocycles. The summed E-state index contributed by atoms with van der Waals surface area (Å²) < 4.78 is 46.2. The number of furan rings is 1. The number of aryl methyl sites for hydroxylation is 1. The van der Waals surface area contributed by atoms with Crippen molar-refractivity contribution in [3.05, 3.63) is 109 Å². The highest BCUT2D eigenvalue weighted by Gasteiger charge is 2.30. The van der Waals surface area contributed by atoms with Crippen LogP contribution >= 0.6 is 22.9 Å². The van der Waals surface area contributed by atoms with Crippen LogP contribution in [0, 0.1) is 13.8 Å². The molecule has 0 saturated heterocycles. The van der Waals surface area contributed by atoms with Crippen LogP contribution in [0.4, 0.5) is 13.2 Å². The maximum absolute atomic E-state index is 12.9. The Morgan fingerprint density at radius 2 is 1.84 bits per heavy atom. The topological polar surface area (TPSA) is 76.6 Å². The van der Waals surface area contributed by atoms with Crippen LogP contribution in [0.15, 0.2) is 70.1 Å². The average molecular weight is 548 g/mol. The zero-order valence-electron chi connectivity index (χ0n) is 19.7. The molecule has 0 fully saturated rings. The summed E-state index contributed by atoms with van der Waals surface area (Å²) >= 11 is 7.33. The molecule has 0 spiro atoms. The Kier molecular flexibility index (Phi) is 7.70. The summed E-state index contributed by atoms with van der Waals surface area (Å²) in [6.45, 7) is 3.93. The van der Waals surface area contributed by atoms with Crippen molar-refractivity contribution in [2.45, 2.75) is 33.1 Å². The van der Waals surface area contributed by atoms with Crippen molar-refractivity contribution < 1.29 is 27.2 Å². The lowest BCUT2D eigenvalue weighted by Gasteiger charge is -2.09. The van der Waals surface area contributed by atoms with Crippen LogP contribution in [0.2, 0.25) is 5.02 Å². The molecule has 2 heterocycles. The van der Waals surface area contributed by atoms with Crippen LogP contribution < -0.4 is 10.1 Å². The van der Waals surface area contributed by atoms with Crippen molar-refractivity contribution in [3.63, 3.8) is 0 Å². The van der Waals surface area contributed by atoms with Gasteiger partial charge in [-0.05, 0) is 61.9 Å². The fourth-order valence-corrected chi connectivity index (χ4v) is 4.67. The average Bonchev–Trinajstić information content (AvgIpc) is 3.43. The zero-order chi connectivity index (χ0) is 26.7. The number of nitrogens with zero attached hydrogens (tertiary/aromatic N) is 2. The van der Waals surface area contributed by atoms with E-state index in [1.54, 1.807) is 30.3 Å². The molecule has 192 valence electrons. The van der Waals surface area contributed by atoms with E-state index in [9.17, 15) is 22.8 Å². The first-order valence-corrected chi connectivity index (χ1v) is 12.2. The lowest BCUT2D eigenvalue weighted by molar-refractivity contribution is -0.137. The van der Waals surface area contributed by atoms with Crippen molar-refractivity contribution >= 4 is 34.8 Å². The fraction of sp³-hybridized carbons (Fsp3) is 0.192. The molecule has 4 rings (SSSR count). The molecular weight excluding hydrogens is 527 g/mol. The lowest BCUT2D eigenvalue weighted by Crippen LogP contribution is -2.22. The standard InChI is InChI=1S/C26H21ClF3N3O3S/c1-15-16(2)37-25(32-23(34)18-6-4-8-20(27)12-18)33(15)14-21-9-10-22(36-21)24(35)31-13-17-5-3-7-19(11-17)26(28,29)30/h3-12H,13-14H2,1-2H3,(H,31,35). The van der Waals surface area contributed by atoms with Gasteiger partial charge in [0.05, 0.1) is 12.1 Å². The minimum absolute atomic E-state index is 0.0145. The Bertz CT molecular complexity index is 1540. The highest BCUT2D eigenvalue weighted by molar-refractivity contribution is 7.09. The summed E-state index contributed by atoms with van der Waals surface area (Å²) in [6, 6.07) is 14.4. The number of carbonyl (C=O) groups is 2. The van der Waals surface area contributed by atoms with Gasteiger partial charge < -0.3 is 14.3 Å². The van der Waals surface area contributed by atoms with Gasteiger partial charge in [-0.3, -0.25) is 9.59 Å². The van der Waals surface area contributed by atoms with E-state index in [4.69, 9.17) is 16.0 Å². The SMILES string of the molecule is Cc1sc(=NC(=O)c2cccc(Cl)c2)n(Cc2ccc(C(=O)NCc3cccc(C(F)(F)F)c3)o2)c1C. The maximum Gasteiger partial charge on any atom is 0.416 e. The smallest absolute Gasteiger partial charge is 0.416 e. The number of hydrogen-bond acceptors (Lipinski definition) is 4. The molecule has 0 saturated carbocycles. The van der Waals surface area contributed by atoms with Crippen LogP contribution in [0.3, 0.4) is 0 Å². The zero-order valence-corrected chi connectivity index (χ0v) is 21.3. The number of benzene rings is 2. The highest BCUT2D eigenvalue weighted by atomic mass is 35.5. The van der Waals surface area contributed by atoms with Gasteiger partial charge in [0, 0.05) is 27.7 Å². The van der Waals surface area contributed by atoms with Gasteiger partial charge >= 0.3 is 6.18 Å². The van der Waals surface area contributed by atoms with Crippen LogP contribution in [0.5, 0.6) is 0 Å². The Balaban J connectivity index is 1.49. The van der Waals surface area contributed by atoms with Crippen molar-refractivity contribution in [1.29, 1.82) is 0 Å². The van der Waals surface area contributed by atoms with Crippen LogP contribution in [0.1, 0.15) is 48.4 Å². The molecule has 2 aromatic carbocycles. The van der Waals surface area contributed by atoms with Crippen molar-refractivity contribution in [3.8, 4) is 0 Å². The van der Waals surface area contributed by atoms with E-state index in [0.717, 1.165) is 22.7 Å². The van der Waals surface area contributed by atoms with Gasteiger partial charge in [0.25, 0.3) is 11.8 Å². The van der Waals surface area contributed by atoms with E-state index in [0.29, 0.717) is 26.7 Å². The fourth-order valence-electron chi connectivity index (χ4n) is 3.51. The van der Waals surface area contributed by atoms with Gasteiger partial charge in [0.2, 0.25) is 0 Å². The predicted molar refractivity (Wildman–Crippen MR) is 134 cm³/mol. The molecule has 0 aliphatic rings. The van der Waals surface area contributed by atoms with Gasteiger partial charge in [-0.25, -0.2) is 0 Å². The molecule has 4 aromatic rings. The second kappa shape index (κ2) is 10.8. The predicted octanol–water partition coefficient (Wildman–Crippen LogP) is 6.15. The van der Waals surface area contributed by atoms with E-state index in [-0.39, 0.29) is 18.8 Å². The van der Waals surface area contributed by atoms with Gasteiger partial charge in [-0.2, -0.15) is 18.2 Å². The number of thiazole rings is 1. The molecule has 0 radical (unpaired) electrons. The largest absolute Gasteiger partial charge is 0.454 e. The van der Waals surface area contributed by atoms with Gasteiger partial charge in [-0.1, -0.05) is 29.8 Å². The van der Waals surface area contributed by atoms with Gasteiger partial charge in [0.15, 0.2) is 10.6 Å². The number of halogens is 4. The first kappa shape index (κ1) is 26.4. The number of rotatable bonds is 6. The molecule has 0 bridgehead atoms. The molecule has 2 aromatic heterocycles. The van der Waals surface area contributed by atoms with E-state index >= 15 is 0 Å². The first-order valence-electron chi connectivity index (χ1n) is 11.1. The Hall–Kier alpha value is -3.63. The van der Waals surface area contributed by atoms with Gasteiger partial charge in [0.1, 0.15) is 5.76 Å². The van der Waals surface area contributed by atoms with Crippen molar-refractivity contribution in [1.82, 2.24) is 9.88 Å². The summed E-state index contributed by atoms with van der Waals surface area (Å²) in [4.78, 5) is 30.9. The molecule has 11 heteroatoms. The maximum atomic E-state index is 12.9. The first-order chi connectivity index (χ1) is 17.5. The number of amides is 2. The Morgan fingerprint density at radius 3 is 2.57 bits per heavy atom. The monoisotopic (exact) mass is 547 g/mol. The van der Waals surface area contributed by atoms with Gasteiger partial charge in [-0.15, -0.1) is 11.3 Å². The second-order valence-electron chi connectivity index (χ2n) is 8.19. The quantitative estimate of drug-likeness (QED) is 0.314. The van der Waals surface area contributed by atoms with E-state index in [1.165, 1.54) is 29.5 Å². The number of carbonyl (C=O) groups excluding carboxylic acids is 2. The second-order valence-corrected chi connectivity index (χ2v) is 9.80. The summed E-state index contributed by atoms with van der Waals surface area (Å²) in [5.74, 6) is -0.540. The number of nitrogens with one attached hydrogen (secondary N) is 1. The third-order valence-corrected chi connectivity index (χ3v) is 6.90. The minimum Gasteiger partial charge on any atom is -0.454 e.